The van der Waals surface area contributed by atoms with Crippen molar-refractivity contribution < 1.29 is 9.59 Å². The van der Waals surface area contributed by atoms with Crippen LogP contribution in [0.25, 0.3) is 6.08 Å². The monoisotopic (exact) mass is 726 g/mol. The molecule has 3 aromatic carbocycles. The summed E-state index contributed by atoms with van der Waals surface area (Å²) in [7, 11) is 0. The van der Waals surface area contributed by atoms with Crippen molar-refractivity contribution in [2.75, 3.05) is 26.2 Å². The van der Waals surface area contributed by atoms with Crippen LogP contribution >= 0.6 is 34.2 Å². The second-order valence-corrected chi connectivity index (χ2v) is 12.1. The lowest BCUT2D eigenvalue weighted by Gasteiger charge is -2.29. The summed E-state index contributed by atoms with van der Waals surface area (Å²) in [6.45, 7) is 1.98. The fourth-order valence-corrected chi connectivity index (χ4v) is 6.28. The van der Waals surface area contributed by atoms with Crippen LogP contribution in [-0.2, 0) is 14.0 Å². The average molecular weight is 727 g/mol. The van der Waals surface area contributed by atoms with Gasteiger partial charge in [0.2, 0.25) is 11.8 Å². The van der Waals surface area contributed by atoms with E-state index in [0.29, 0.717) is 50.5 Å². The summed E-state index contributed by atoms with van der Waals surface area (Å²) in [6, 6.07) is 25.8. The molecule has 0 unspecified atom stereocenters. The molecule has 0 aromatic heterocycles. The summed E-state index contributed by atoms with van der Waals surface area (Å²) in [4.78, 5) is 32.8. The van der Waals surface area contributed by atoms with Gasteiger partial charge in [0, 0.05) is 53.7 Å². The van der Waals surface area contributed by atoms with Crippen LogP contribution in [-0.4, -0.2) is 60.9 Å². The first kappa shape index (κ1) is 33.5. The van der Waals surface area contributed by atoms with Crippen LogP contribution in [0.4, 0.5) is 0 Å². The number of hydrogen-bond donors (Lipinski definition) is 4. The first-order valence-electron chi connectivity index (χ1n) is 14.8. The van der Waals surface area contributed by atoms with E-state index in [9.17, 15) is 9.59 Å². The number of halogens is 2. The van der Waals surface area contributed by atoms with Crippen LogP contribution in [0.1, 0.15) is 47.4 Å². The Kier molecular flexibility index (Phi) is 13.1. The number of hydrogen-bond acceptors (Lipinski definition) is 4. The summed E-state index contributed by atoms with van der Waals surface area (Å²) in [6.07, 6.45) is 5.29. The smallest absolute Gasteiger partial charge is 0.244 e. The normalized spacial score (nSPS) is 17.1. The molecule has 2 amide bonds. The number of carbonyl (C=O) groups is 2. The third kappa shape index (κ3) is 10.1. The second kappa shape index (κ2) is 17.2. The van der Waals surface area contributed by atoms with Gasteiger partial charge in [0.15, 0.2) is 5.96 Å². The highest BCUT2D eigenvalue weighted by Gasteiger charge is 2.32. The van der Waals surface area contributed by atoms with Gasteiger partial charge in [0.25, 0.3) is 0 Å². The van der Waals surface area contributed by atoms with Crippen molar-refractivity contribution in [1.29, 1.82) is 0 Å². The van der Waals surface area contributed by atoms with Crippen molar-refractivity contribution in [3.63, 3.8) is 0 Å². The standard InChI is InChI=1S/C34H40ClIN6O2/c35-28-15-13-24(27(20-28)21-36)14-16-32(43)40-22-29-17-19-42(33(44)31(41-29)12-7-18-39-34(37)38)23-30(25-8-3-1-4-9-25)26-10-5-2-6-11-26/h1-6,8-11,13-16,20,29-31,41H,7,12,17-19,21-23H2,(H,40,43)(H4,37,38,39)/b16-14+/t29-,31-/m0/s1. The van der Waals surface area contributed by atoms with Gasteiger partial charge in [0.05, 0.1) is 6.04 Å². The van der Waals surface area contributed by atoms with Gasteiger partial charge < -0.3 is 27.0 Å². The van der Waals surface area contributed by atoms with Crippen molar-refractivity contribution in [2.24, 2.45) is 16.5 Å². The van der Waals surface area contributed by atoms with Crippen LogP contribution in [0.15, 0.2) is 89.9 Å². The molecule has 0 radical (unpaired) electrons. The molecule has 0 bridgehead atoms. The summed E-state index contributed by atoms with van der Waals surface area (Å²) < 4.78 is 0.788. The Balaban J connectivity index is 1.47. The molecule has 1 fully saturated rings. The van der Waals surface area contributed by atoms with E-state index >= 15 is 0 Å². The van der Waals surface area contributed by atoms with Crippen molar-refractivity contribution in [3.05, 3.63) is 112 Å². The summed E-state index contributed by atoms with van der Waals surface area (Å²) >= 11 is 8.41. The maximum absolute atomic E-state index is 14.0. The van der Waals surface area contributed by atoms with Crippen molar-refractivity contribution in [1.82, 2.24) is 15.5 Å². The molecule has 0 aliphatic carbocycles. The highest BCUT2D eigenvalue weighted by molar-refractivity contribution is 14.1. The number of alkyl halides is 1. The molecule has 2 atom stereocenters. The minimum atomic E-state index is -0.420. The molecule has 1 heterocycles. The van der Waals surface area contributed by atoms with Gasteiger partial charge in [-0.2, -0.15) is 0 Å². The molecule has 232 valence electrons. The van der Waals surface area contributed by atoms with Crippen LogP contribution in [0.2, 0.25) is 5.02 Å². The number of benzene rings is 3. The molecule has 10 heteroatoms. The maximum Gasteiger partial charge on any atom is 0.244 e. The molecule has 1 aliphatic heterocycles. The summed E-state index contributed by atoms with van der Waals surface area (Å²) in [5.41, 5.74) is 15.4. The highest BCUT2D eigenvalue weighted by atomic mass is 127. The predicted molar refractivity (Wildman–Crippen MR) is 188 cm³/mol. The van der Waals surface area contributed by atoms with Gasteiger partial charge >= 0.3 is 0 Å². The Bertz CT molecular complexity index is 1390. The molecule has 3 aromatic rings. The summed E-state index contributed by atoms with van der Waals surface area (Å²) in [5, 5.41) is 7.23. The van der Waals surface area contributed by atoms with Gasteiger partial charge in [-0.15, -0.1) is 0 Å². The summed E-state index contributed by atoms with van der Waals surface area (Å²) in [5.74, 6) is -0.0657. The van der Waals surface area contributed by atoms with Crippen LogP contribution < -0.4 is 22.1 Å². The number of nitrogens with one attached hydrogen (secondary N) is 2. The number of aliphatic imine (C=N–C) groups is 1. The molecular formula is C34H40ClIN6O2. The van der Waals surface area contributed by atoms with Gasteiger partial charge in [-0.3, -0.25) is 14.6 Å². The minimum Gasteiger partial charge on any atom is -0.370 e. The number of amides is 2. The number of carbonyl (C=O) groups excluding carboxylic acids is 2. The van der Waals surface area contributed by atoms with Crippen LogP contribution in [0, 0.1) is 0 Å². The molecule has 4 rings (SSSR count). The fourth-order valence-electron chi connectivity index (χ4n) is 5.43. The second-order valence-electron chi connectivity index (χ2n) is 10.9. The zero-order valence-electron chi connectivity index (χ0n) is 24.7. The van der Waals surface area contributed by atoms with Crippen molar-refractivity contribution in [2.45, 2.75) is 41.7 Å². The Hall–Kier alpha value is -3.41. The van der Waals surface area contributed by atoms with E-state index in [-0.39, 0.29) is 29.7 Å². The highest BCUT2D eigenvalue weighted by Crippen LogP contribution is 2.27. The Morgan fingerprint density at radius 1 is 1.09 bits per heavy atom. The lowest BCUT2D eigenvalue weighted by Crippen LogP contribution is -2.49. The lowest BCUT2D eigenvalue weighted by atomic mass is 9.90. The van der Waals surface area contributed by atoms with E-state index in [1.165, 1.54) is 0 Å². The zero-order valence-corrected chi connectivity index (χ0v) is 27.6. The Labute approximate surface area is 278 Å². The first-order valence-corrected chi connectivity index (χ1v) is 16.7. The quantitative estimate of drug-likeness (QED) is 0.0501. The van der Waals surface area contributed by atoms with Gasteiger partial charge in [-0.25, -0.2) is 0 Å². The predicted octanol–water partition coefficient (Wildman–Crippen LogP) is 4.85. The number of nitrogens with two attached hydrogens (primary N) is 2. The average Bonchev–Trinajstić information content (AvgIpc) is 3.18. The number of guanidine groups is 1. The van der Waals surface area contributed by atoms with Gasteiger partial charge in [0.1, 0.15) is 0 Å². The van der Waals surface area contributed by atoms with Crippen LogP contribution in [0.5, 0.6) is 0 Å². The fraction of sp³-hybridized carbons (Fsp3) is 0.324. The van der Waals surface area contributed by atoms with Gasteiger partial charge in [-0.05, 0) is 59.7 Å². The Morgan fingerprint density at radius 2 is 1.77 bits per heavy atom. The maximum atomic E-state index is 14.0. The topological polar surface area (TPSA) is 126 Å². The molecule has 8 nitrogen and oxygen atoms in total. The van der Waals surface area contributed by atoms with E-state index in [1.807, 2.05) is 65.6 Å². The molecule has 6 N–H and O–H groups in total. The molecule has 0 saturated carbocycles. The van der Waals surface area contributed by atoms with Crippen LogP contribution in [0.3, 0.4) is 0 Å². The first-order chi connectivity index (χ1) is 21.3. The van der Waals surface area contributed by atoms with Crippen molar-refractivity contribution >= 4 is 58.0 Å². The molecule has 1 saturated heterocycles. The largest absolute Gasteiger partial charge is 0.370 e. The number of rotatable bonds is 13. The molecule has 44 heavy (non-hydrogen) atoms. The van der Waals surface area contributed by atoms with E-state index < -0.39 is 6.04 Å². The number of nitrogens with zero attached hydrogens (tertiary/aromatic N) is 2. The third-order valence-electron chi connectivity index (χ3n) is 7.73. The SMILES string of the molecule is NC(N)=NCCC[C@@H]1N[C@H](CNC(=O)/C=C/c2ccc(Cl)cc2CI)CCN(CC(c2ccccc2)c2ccccc2)C1=O. The Morgan fingerprint density at radius 3 is 2.41 bits per heavy atom. The minimum absolute atomic E-state index is 0.0327. The molecule has 1 aliphatic rings. The van der Waals surface area contributed by atoms with Crippen molar-refractivity contribution in [3.8, 4) is 0 Å². The van der Waals surface area contributed by atoms with Gasteiger partial charge in [-0.1, -0.05) is 101 Å². The third-order valence-corrected chi connectivity index (χ3v) is 8.79. The zero-order chi connectivity index (χ0) is 31.3. The van der Waals surface area contributed by atoms with E-state index in [0.717, 1.165) is 26.7 Å². The lowest BCUT2D eigenvalue weighted by molar-refractivity contribution is -0.133. The molecular weight excluding hydrogens is 687 g/mol. The van der Waals surface area contributed by atoms with E-state index in [2.05, 4.69) is 62.5 Å². The van der Waals surface area contributed by atoms with E-state index in [4.69, 9.17) is 23.1 Å². The van der Waals surface area contributed by atoms with E-state index in [1.54, 1.807) is 6.08 Å². The molecule has 0 spiro atoms.